The third-order valence-corrected chi connectivity index (χ3v) is 5.82. The molecule has 124 valence electrons. The van der Waals surface area contributed by atoms with E-state index in [1.54, 1.807) is 0 Å². The molecule has 2 aliphatic rings. The normalized spacial score (nSPS) is 23.5. The first-order chi connectivity index (χ1) is 10.1. The molecule has 0 aromatic carbocycles. The molecule has 0 bridgehead atoms. The zero-order valence-electron chi connectivity index (χ0n) is 13.0. The molecule has 2 fully saturated rings. The average Bonchev–Trinajstić information content (AvgIpc) is 2.97. The lowest BCUT2D eigenvalue weighted by atomic mass is 9.80. The molecular weight excluding hydrogens is 292 g/mol. The van der Waals surface area contributed by atoms with Gasteiger partial charge < -0.3 is 14.4 Å². The topological polar surface area (TPSA) is 67.9 Å². The van der Waals surface area contributed by atoms with Crippen molar-refractivity contribution in [3.8, 4) is 0 Å². The summed E-state index contributed by atoms with van der Waals surface area (Å²) in [7, 11) is -1.73. The van der Waals surface area contributed by atoms with Crippen molar-refractivity contribution >= 4 is 10.0 Å². The number of likely N-dealkylation sites (tertiary alicyclic amines) is 1. The minimum absolute atomic E-state index is 0.0166. The molecule has 0 aromatic heterocycles. The van der Waals surface area contributed by atoms with Crippen molar-refractivity contribution in [1.82, 2.24) is 9.62 Å². The Morgan fingerprint density at radius 3 is 2.52 bits per heavy atom. The van der Waals surface area contributed by atoms with E-state index in [9.17, 15) is 8.42 Å². The third-order valence-electron chi connectivity index (χ3n) is 4.53. The monoisotopic (exact) mass is 320 g/mol. The Kier molecular flexibility index (Phi) is 6.43. The maximum absolute atomic E-state index is 12.0. The molecule has 2 rings (SSSR count). The van der Waals surface area contributed by atoms with Gasteiger partial charge in [0.2, 0.25) is 10.0 Å². The predicted octanol–water partition coefficient (Wildman–Crippen LogP) is 0.445. The lowest BCUT2D eigenvalue weighted by Crippen LogP contribution is -2.48. The van der Waals surface area contributed by atoms with Gasteiger partial charge in [-0.15, -0.1) is 0 Å². The Bertz CT molecular complexity index is 401. The maximum Gasteiger partial charge on any atom is 0.213 e. The number of hydrogen-bond acceptors (Lipinski definition) is 5. The van der Waals surface area contributed by atoms with Gasteiger partial charge in [0.25, 0.3) is 0 Å². The van der Waals surface area contributed by atoms with Crippen LogP contribution < -0.4 is 4.72 Å². The molecule has 21 heavy (non-hydrogen) atoms. The quantitative estimate of drug-likeness (QED) is 0.703. The van der Waals surface area contributed by atoms with Crippen LogP contribution in [-0.2, 0) is 19.5 Å². The lowest BCUT2D eigenvalue weighted by Gasteiger charge is -2.40. The van der Waals surface area contributed by atoms with Crippen LogP contribution >= 0.6 is 0 Å². The van der Waals surface area contributed by atoms with E-state index in [4.69, 9.17) is 9.47 Å². The summed E-state index contributed by atoms with van der Waals surface area (Å²) in [6, 6.07) is 0. The molecule has 2 heterocycles. The van der Waals surface area contributed by atoms with Gasteiger partial charge in [0, 0.05) is 38.8 Å². The molecule has 0 aromatic rings. The van der Waals surface area contributed by atoms with E-state index in [0.717, 1.165) is 45.7 Å². The highest BCUT2D eigenvalue weighted by Gasteiger charge is 2.36. The maximum atomic E-state index is 12.0. The molecule has 0 spiro atoms. The molecule has 0 unspecified atom stereocenters. The Balaban J connectivity index is 1.92. The van der Waals surface area contributed by atoms with Crippen LogP contribution in [0.1, 0.15) is 25.7 Å². The SMILES string of the molecule is COCCS(=O)(=O)NCC1(CN2CCCC2)CCOCC1. The summed E-state index contributed by atoms with van der Waals surface area (Å²) in [6.07, 6.45) is 4.37. The van der Waals surface area contributed by atoms with Crippen molar-refractivity contribution in [2.45, 2.75) is 25.7 Å². The molecule has 2 aliphatic heterocycles. The van der Waals surface area contributed by atoms with Crippen LogP contribution in [0.15, 0.2) is 0 Å². The van der Waals surface area contributed by atoms with Crippen molar-refractivity contribution in [2.75, 3.05) is 58.9 Å². The second kappa shape index (κ2) is 7.87. The molecule has 1 N–H and O–H groups in total. The van der Waals surface area contributed by atoms with Gasteiger partial charge in [0.1, 0.15) is 0 Å². The fraction of sp³-hybridized carbons (Fsp3) is 1.00. The molecule has 0 atom stereocenters. The van der Waals surface area contributed by atoms with Crippen LogP contribution in [0.2, 0.25) is 0 Å². The Hall–Kier alpha value is -0.210. The molecule has 0 radical (unpaired) electrons. The van der Waals surface area contributed by atoms with Crippen LogP contribution in [-0.4, -0.2) is 72.2 Å². The second-order valence-electron chi connectivity index (χ2n) is 6.23. The van der Waals surface area contributed by atoms with Crippen molar-refractivity contribution in [3.63, 3.8) is 0 Å². The van der Waals surface area contributed by atoms with Gasteiger partial charge in [-0.3, -0.25) is 0 Å². The van der Waals surface area contributed by atoms with Crippen molar-refractivity contribution in [1.29, 1.82) is 0 Å². The van der Waals surface area contributed by atoms with Crippen LogP contribution in [0, 0.1) is 5.41 Å². The number of rotatable bonds is 8. The molecule has 6 nitrogen and oxygen atoms in total. The molecular formula is C14H28N2O4S. The number of nitrogens with zero attached hydrogens (tertiary/aromatic N) is 1. The summed E-state index contributed by atoms with van der Waals surface area (Å²) < 4.78 is 37.1. The fourth-order valence-electron chi connectivity index (χ4n) is 3.14. The van der Waals surface area contributed by atoms with Gasteiger partial charge in [0.15, 0.2) is 0 Å². The summed E-state index contributed by atoms with van der Waals surface area (Å²) in [5, 5.41) is 0. The highest BCUT2D eigenvalue weighted by Crippen LogP contribution is 2.32. The van der Waals surface area contributed by atoms with Gasteiger partial charge in [-0.25, -0.2) is 13.1 Å². The number of sulfonamides is 1. The van der Waals surface area contributed by atoms with Gasteiger partial charge in [-0.1, -0.05) is 0 Å². The van der Waals surface area contributed by atoms with E-state index in [0.29, 0.717) is 6.54 Å². The van der Waals surface area contributed by atoms with E-state index in [-0.39, 0.29) is 17.8 Å². The smallest absolute Gasteiger partial charge is 0.213 e. The Labute approximate surface area is 128 Å². The highest BCUT2D eigenvalue weighted by molar-refractivity contribution is 7.89. The minimum atomic E-state index is -3.25. The predicted molar refractivity (Wildman–Crippen MR) is 81.8 cm³/mol. The molecule has 0 aliphatic carbocycles. The van der Waals surface area contributed by atoms with Gasteiger partial charge >= 0.3 is 0 Å². The van der Waals surface area contributed by atoms with E-state index in [2.05, 4.69) is 9.62 Å². The lowest BCUT2D eigenvalue weighted by molar-refractivity contribution is 0.00155. The van der Waals surface area contributed by atoms with Gasteiger partial charge in [0.05, 0.1) is 12.4 Å². The summed E-state index contributed by atoms with van der Waals surface area (Å²) >= 11 is 0. The molecule has 0 saturated carbocycles. The third kappa shape index (κ3) is 5.49. The Morgan fingerprint density at radius 1 is 1.24 bits per heavy atom. The van der Waals surface area contributed by atoms with Gasteiger partial charge in [-0.2, -0.15) is 0 Å². The number of methoxy groups -OCH3 is 1. The van der Waals surface area contributed by atoms with Crippen molar-refractivity contribution in [3.05, 3.63) is 0 Å². The first-order valence-electron chi connectivity index (χ1n) is 7.82. The van der Waals surface area contributed by atoms with Crippen molar-refractivity contribution in [2.24, 2.45) is 5.41 Å². The van der Waals surface area contributed by atoms with Crippen LogP contribution in [0.5, 0.6) is 0 Å². The Morgan fingerprint density at radius 2 is 1.90 bits per heavy atom. The molecule has 7 heteroatoms. The molecule has 2 saturated heterocycles. The zero-order chi connectivity index (χ0) is 15.2. The average molecular weight is 320 g/mol. The summed E-state index contributed by atoms with van der Waals surface area (Å²) in [6.45, 7) is 5.46. The number of nitrogens with one attached hydrogen (secondary N) is 1. The van der Waals surface area contributed by atoms with E-state index < -0.39 is 10.0 Å². The van der Waals surface area contributed by atoms with Crippen LogP contribution in [0.4, 0.5) is 0 Å². The van der Waals surface area contributed by atoms with E-state index in [1.807, 2.05) is 0 Å². The summed E-state index contributed by atoms with van der Waals surface area (Å²) in [5.74, 6) is 0.0276. The standard InChI is InChI=1S/C14H28N2O4S/c1-19-10-11-21(17,18)15-12-14(4-8-20-9-5-14)13-16-6-2-3-7-16/h15H,2-13H2,1H3. The largest absolute Gasteiger partial charge is 0.384 e. The fourth-order valence-corrected chi connectivity index (χ4v) is 4.20. The first-order valence-corrected chi connectivity index (χ1v) is 9.47. The van der Waals surface area contributed by atoms with E-state index >= 15 is 0 Å². The van der Waals surface area contributed by atoms with Crippen molar-refractivity contribution < 1.29 is 17.9 Å². The summed E-state index contributed by atoms with van der Waals surface area (Å²) in [5.41, 5.74) is 0.0166. The first kappa shape index (κ1) is 17.1. The zero-order valence-corrected chi connectivity index (χ0v) is 13.8. The van der Waals surface area contributed by atoms with Crippen LogP contribution in [0.25, 0.3) is 0 Å². The number of ether oxygens (including phenoxy) is 2. The minimum Gasteiger partial charge on any atom is -0.384 e. The second-order valence-corrected chi connectivity index (χ2v) is 8.15. The van der Waals surface area contributed by atoms with E-state index in [1.165, 1.54) is 20.0 Å². The van der Waals surface area contributed by atoms with Crippen LogP contribution in [0.3, 0.4) is 0 Å². The summed E-state index contributed by atoms with van der Waals surface area (Å²) in [4.78, 5) is 2.47. The number of hydrogen-bond donors (Lipinski definition) is 1. The van der Waals surface area contributed by atoms with Gasteiger partial charge in [-0.05, 0) is 38.8 Å². The highest BCUT2D eigenvalue weighted by atomic mass is 32.2. The molecule has 0 amide bonds.